The Morgan fingerprint density at radius 2 is 1.89 bits per heavy atom. The van der Waals surface area contributed by atoms with Crippen molar-refractivity contribution in [1.82, 2.24) is 4.31 Å². The van der Waals surface area contributed by atoms with Gasteiger partial charge in [0.25, 0.3) is 0 Å². The highest BCUT2D eigenvalue weighted by Gasteiger charge is 2.24. The van der Waals surface area contributed by atoms with Gasteiger partial charge < -0.3 is 5.11 Å². The van der Waals surface area contributed by atoms with E-state index in [4.69, 9.17) is 0 Å². The zero-order chi connectivity index (χ0) is 13.2. The van der Waals surface area contributed by atoms with Gasteiger partial charge in [0.05, 0.1) is 10.2 Å². The number of phenolic OH excluding ortho intramolecular Hbond substituents is 1. The molecule has 0 radical (unpaired) electrons. The first-order valence-electron chi connectivity index (χ1n) is 5.76. The Hall–Kier alpha value is -0.790. The van der Waals surface area contributed by atoms with Crippen LogP contribution in [0.4, 0.5) is 5.69 Å². The summed E-state index contributed by atoms with van der Waals surface area (Å²) in [5, 5.41) is 9.77. The van der Waals surface area contributed by atoms with E-state index < -0.39 is 10.2 Å². The van der Waals surface area contributed by atoms with E-state index in [1.165, 1.54) is 10.4 Å². The number of hydrogen-bond acceptors (Lipinski definition) is 3. The number of halogens is 1. The Bertz CT molecular complexity index is 527. The molecule has 100 valence electrons. The summed E-state index contributed by atoms with van der Waals surface area (Å²) >= 11 is 3.15. The number of phenols is 1. The molecule has 1 saturated heterocycles. The van der Waals surface area contributed by atoms with Crippen molar-refractivity contribution in [2.45, 2.75) is 19.3 Å². The average molecular weight is 335 g/mol. The van der Waals surface area contributed by atoms with Crippen molar-refractivity contribution >= 4 is 31.8 Å². The smallest absolute Gasteiger partial charge is 0.301 e. The van der Waals surface area contributed by atoms with Crippen molar-refractivity contribution in [2.75, 3.05) is 17.8 Å². The van der Waals surface area contributed by atoms with Crippen molar-refractivity contribution in [2.24, 2.45) is 0 Å². The molecule has 1 heterocycles. The van der Waals surface area contributed by atoms with Gasteiger partial charge in [0, 0.05) is 13.1 Å². The summed E-state index contributed by atoms with van der Waals surface area (Å²) in [6.45, 7) is 1.06. The first-order chi connectivity index (χ1) is 8.50. The summed E-state index contributed by atoms with van der Waals surface area (Å²) in [4.78, 5) is 0. The second-order valence-corrected chi connectivity index (χ2v) is 6.73. The lowest BCUT2D eigenvalue weighted by Crippen LogP contribution is -2.39. The zero-order valence-corrected chi connectivity index (χ0v) is 12.2. The minimum atomic E-state index is -3.57. The van der Waals surface area contributed by atoms with Gasteiger partial charge in [-0.3, -0.25) is 4.72 Å². The highest BCUT2D eigenvalue weighted by molar-refractivity contribution is 9.10. The van der Waals surface area contributed by atoms with E-state index in [1.807, 2.05) is 0 Å². The van der Waals surface area contributed by atoms with Crippen LogP contribution in [-0.4, -0.2) is 30.9 Å². The van der Waals surface area contributed by atoms with Gasteiger partial charge in [0.15, 0.2) is 5.75 Å². The molecular weight excluding hydrogens is 320 g/mol. The van der Waals surface area contributed by atoms with Crippen molar-refractivity contribution in [1.29, 1.82) is 0 Å². The van der Waals surface area contributed by atoms with Crippen molar-refractivity contribution < 1.29 is 13.5 Å². The fraction of sp³-hybridized carbons (Fsp3) is 0.455. The number of anilines is 1. The van der Waals surface area contributed by atoms with Crippen molar-refractivity contribution in [3.05, 3.63) is 22.7 Å². The van der Waals surface area contributed by atoms with Crippen LogP contribution < -0.4 is 4.72 Å². The molecule has 7 heteroatoms. The summed E-state index contributed by atoms with van der Waals surface area (Å²) in [6, 6.07) is 4.84. The lowest BCUT2D eigenvalue weighted by Gasteiger charge is -2.26. The highest BCUT2D eigenvalue weighted by atomic mass is 79.9. The van der Waals surface area contributed by atoms with Crippen LogP contribution in [0.2, 0.25) is 0 Å². The zero-order valence-electron chi connectivity index (χ0n) is 9.76. The molecule has 2 N–H and O–H groups in total. The highest BCUT2D eigenvalue weighted by Crippen LogP contribution is 2.32. The molecule has 5 nitrogen and oxygen atoms in total. The van der Waals surface area contributed by atoms with Gasteiger partial charge >= 0.3 is 10.2 Å². The molecule has 1 aliphatic rings. The number of nitrogens with one attached hydrogen (secondary N) is 1. The van der Waals surface area contributed by atoms with E-state index in [0.717, 1.165) is 19.3 Å². The molecule has 1 aliphatic heterocycles. The predicted octanol–water partition coefficient (Wildman–Crippen LogP) is 2.30. The van der Waals surface area contributed by atoms with Gasteiger partial charge in [-0.1, -0.05) is 12.5 Å². The molecule has 1 fully saturated rings. The fourth-order valence-corrected chi connectivity index (χ4v) is 3.58. The topological polar surface area (TPSA) is 69.6 Å². The molecule has 0 aliphatic carbocycles. The van der Waals surface area contributed by atoms with Crippen LogP contribution >= 0.6 is 15.9 Å². The van der Waals surface area contributed by atoms with Crippen LogP contribution in [0.15, 0.2) is 22.7 Å². The second-order valence-electron chi connectivity index (χ2n) is 4.20. The molecular formula is C11H15BrN2O3S. The van der Waals surface area contributed by atoms with Crippen LogP contribution in [0, 0.1) is 0 Å². The van der Waals surface area contributed by atoms with Gasteiger partial charge in [-0.15, -0.1) is 0 Å². The Morgan fingerprint density at radius 1 is 1.22 bits per heavy atom. The maximum atomic E-state index is 12.1. The summed E-state index contributed by atoms with van der Waals surface area (Å²) < 4.78 is 28.5. The van der Waals surface area contributed by atoms with E-state index in [1.54, 1.807) is 12.1 Å². The van der Waals surface area contributed by atoms with Gasteiger partial charge in [0.1, 0.15) is 0 Å². The molecule has 18 heavy (non-hydrogen) atoms. The van der Waals surface area contributed by atoms with E-state index >= 15 is 0 Å². The summed E-state index contributed by atoms with van der Waals surface area (Å²) in [5.74, 6) is -0.0990. The predicted molar refractivity (Wildman–Crippen MR) is 73.8 cm³/mol. The normalized spacial score (nSPS) is 17.6. The standard InChI is InChI=1S/C11H15BrN2O3S/c12-9-5-4-6-10(11(9)15)13-18(16,17)14-7-2-1-3-8-14/h4-6,13,15H,1-3,7-8H2. The first-order valence-corrected chi connectivity index (χ1v) is 7.99. The van der Waals surface area contributed by atoms with E-state index in [0.29, 0.717) is 17.6 Å². The van der Waals surface area contributed by atoms with E-state index in [-0.39, 0.29) is 11.4 Å². The molecule has 1 aromatic rings. The van der Waals surface area contributed by atoms with Crippen LogP contribution in [0.5, 0.6) is 5.75 Å². The molecule has 2 rings (SSSR count). The van der Waals surface area contributed by atoms with Gasteiger partial charge in [-0.05, 0) is 40.9 Å². The number of aromatic hydroxyl groups is 1. The van der Waals surface area contributed by atoms with Gasteiger partial charge in [-0.2, -0.15) is 12.7 Å². The minimum absolute atomic E-state index is 0.0990. The molecule has 0 spiro atoms. The van der Waals surface area contributed by atoms with Crippen LogP contribution in [0.1, 0.15) is 19.3 Å². The lowest BCUT2D eigenvalue weighted by molar-refractivity contribution is 0.349. The molecule has 0 amide bonds. The second kappa shape index (κ2) is 5.46. The molecule has 0 unspecified atom stereocenters. The van der Waals surface area contributed by atoms with Crippen LogP contribution in [-0.2, 0) is 10.2 Å². The number of nitrogens with zero attached hydrogens (tertiary/aromatic N) is 1. The third kappa shape index (κ3) is 2.96. The number of hydrogen-bond donors (Lipinski definition) is 2. The molecule has 0 bridgehead atoms. The monoisotopic (exact) mass is 334 g/mol. The minimum Gasteiger partial charge on any atom is -0.505 e. The Kier molecular flexibility index (Phi) is 4.14. The van der Waals surface area contributed by atoms with Crippen LogP contribution in [0.25, 0.3) is 0 Å². The number of para-hydroxylation sites is 1. The lowest BCUT2D eigenvalue weighted by atomic mass is 10.2. The van der Waals surface area contributed by atoms with E-state index in [2.05, 4.69) is 20.7 Å². The maximum absolute atomic E-state index is 12.1. The number of benzene rings is 1. The van der Waals surface area contributed by atoms with E-state index in [9.17, 15) is 13.5 Å². The molecule has 1 aromatic carbocycles. The average Bonchev–Trinajstić information content (AvgIpc) is 2.36. The Balaban J connectivity index is 2.19. The van der Waals surface area contributed by atoms with Gasteiger partial charge in [0.2, 0.25) is 0 Å². The van der Waals surface area contributed by atoms with Crippen molar-refractivity contribution in [3.8, 4) is 5.75 Å². The van der Waals surface area contributed by atoms with Crippen LogP contribution in [0.3, 0.4) is 0 Å². The Morgan fingerprint density at radius 3 is 2.56 bits per heavy atom. The quantitative estimate of drug-likeness (QED) is 0.833. The third-order valence-corrected chi connectivity index (χ3v) is 5.04. The SMILES string of the molecule is O=S(=O)(Nc1cccc(Br)c1O)N1CCCCC1. The molecule has 0 atom stereocenters. The molecule has 0 saturated carbocycles. The first kappa shape index (κ1) is 13.6. The van der Waals surface area contributed by atoms with Crippen molar-refractivity contribution in [3.63, 3.8) is 0 Å². The largest absolute Gasteiger partial charge is 0.505 e. The third-order valence-electron chi connectivity index (χ3n) is 2.88. The Labute approximate surface area is 115 Å². The summed E-state index contributed by atoms with van der Waals surface area (Å²) in [5.41, 5.74) is 0.190. The molecule has 0 aromatic heterocycles. The fourth-order valence-electron chi connectivity index (χ4n) is 1.91. The number of rotatable bonds is 3. The van der Waals surface area contributed by atoms with Gasteiger partial charge in [-0.25, -0.2) is 0 Å². The summed E-state index contributed by atoms with van der Waals surface area (Å²) in [7, 11) is -3.57. The number of piperidine rings is 1. The summed E-state index contributed by atoms with van der Waals surface area (Å²) in [6.07, 6.45) is 2.82. The maximum Gasteiger partial charge on any atom is 0.301 e.